The number of hydrogen-bond donors (Lipinski definition) is 1. The third-order valence-corrected chi connectivity index (χ3v) is 4.71. The largest absolute Gasteiger partial charge is 0.493 e. The summed E-state index contributed by atoms with van der Waals surface area (Å²) >= 11 is 0. The molecule has 28 heavy (non-hydrogen) atoms. The fraction of sp³-hybridized carbons (Fsp3) is 0.435. The van der Waals surface area contributed by atoms with Crippen LogP contribution in [0, 0.1) is 11.3 Å². The molecule has 2 aromatic carbocycles. The van der Waals surface area contributed by atoms with Gasteiger partial charge in [0.05, 0.1) is 27.9 Å². The highest BCUT2D eigenvalue weighted by molar-refractivity contribution is 6.00. The van der Waals surface area contributed by atoms with Crippen LogP contribution in [0.4, 0.5) is 0 Å². The van der Waals surface area contributed by atoms with Crippen molar-refractivity contribution >= 4 is 5.71 Å². The second-order valence-corrected chi connectivity index (χ2v) is 6.78. The van der Waals surface area contributed by atoms with Crippen molar-refractivity contribution in [3.05, 3.63) is 47.5 Å². The molecule has 0 spiro atoms. The normalized spacial score (nSPS) is 11.6. The minimum absolute atomic E-state index is 0.0367. The van der Waals surface area contributed by atoms with E-state index in [0.29, 0.717) is 29.6 Å². The molecule has 5 nitrogen and oxygen atoms in total. The molecule has 1 unspecified atom stereocenters. The van der Waals surface area contributed by atoms with Crippen molar-refractivity contribution in [1.82, 2.24) is 0 Å². The molecule has 0 saturated heterocycles. The molecule has 0 fully saturated rings. The summed E-state index contributed by atoms with van der Waals surface area (Å²) < 4.78 is 21.9. The Bertz CT molecular complexity index is 788. The second-order valence-electron chi connectivity index (χ2n) is 6.78. The topological polar surface area (TPSA) is 60.8 Å². The lowest BCUT2D eigenvalue weighted by molar-refractivity contribution is 0.288. The van der Waals surface area contributed by atoms with Gasteiger partial charge in [0.1, 0.15) is 0 Å². The van der Waals surface area contributed by atoms with Crippen LogP contribution in [-0.4, -0.2) is 33.6 Å². The Morgan fingerprint density at radius 3 is 2.18 bits per heavy atom. The van der Waals surface area contributed by atoms with E-state index in [9.17, 15) is 0 Å². The van der Waals surface area contributed by atoms with E-state index < -0.39 is 0 Å². The third kappa shape index (κ3) is 5.41. The first-order valence-corrected chi connectivity index (χ1v) is 9.64. The van der Waals surface area contributed by atoms with E-state index in [2.05, 4.69) is 13.8 Å². The van der Waals surface area contributed by atoms with Crippen molar-refractivity contribution in [2.75, 3.05) is 27.9 Å². The van der Waals surface area contributed by atoms with Crippen LogP contribution in [0.15, 0.2) is 36.4 Å². The maximum Gasteiger partial charge on any atom is 0.161 e. The molecular weight excluding hydrogens is 354 g/mol. The van der Waals surface area contributed by atoms with Crippen LogP contribution in [0.3, 0.4) is 0 Å². The van der Waals surface area contributed by atoms with Crippen LogP contribution in [0.2, 0.25) is 0 Å². The van der Waals surface area contributed by atoms with Crippen molar-refractivity contribution in [2.24, 2.45) is 5.92 Å². The maximum atomic E-state index is 8.62. The summed E-state index contributed by atoms with van der Waals surface area (Å²) in [6, 6.07) is 11.6. The minimum Gasteiger partial charge on any atom is -0.493 e. The SMILES string of the molecule is CCCCOc1ccc(C(=N)C(C)Cc2ccc(OC)c(OC)c2)cc1OC. The highest BCUT2D eigenvalue weighted by Crippen LogP contribution is 2.31. The van der Waals surface area contributed by atoms with E-state index in [1.54, 1.807) is 21.3 Å². The Hall–Kier alpha value is -2.69. The van der Waals surface area contributed by atoms with Crippen molar-refractivity contribution in [3.63, 3.8) is 0 Å². The highest BCUT2D eigenvalue weighted by atomic mass is 16.5. The molecule has 0 amide bonds. The number of ether oxygens (including phenoxy) is 4. The van der Waals surface area contributed by atoms with Gasteiger partial charge in [-0.05, 0) is 54.3 Å². The third-order valence-electron chi connectivity index (χ3n) is 4.71. The summed E-state index contributed by atoms with van der Waals surface area (Å²) in [4.78, 5) is 0. The average molecular weight is 386 g/mol. The molecule has 0 aliphatic heterocycles. The Kier molecular flexibility index (Phi) is 8.18. The lowest BCUT2D eigenvalue weighted by Crippen LogP contribution is -2.14. The Morgan fingerprint density at radius 2 is 1.54 bits per heavy atom. The summed E-state index contributed by atoms with van der Waals surface area (Å²) in [5.74, 6) is 2.83. The Morgan fingerprint density at radius 1 is 0.893 bits per heavy atom. The van der Waals surface area contributed by atoms with Gasteiger partial charge < -0.3 is 24.4 Å². The molecule has 2 rings (SSSR count). The quantitative estimate of drug-likeness (QED) is 0.430. The molecule has 152 valence electrons. The van der Waals surface area contributed by atoms with E-state index in [0.717, 1.165) is 36.1 Å². The van der Waals surface area contributed by atoms with Crippen molar-refractivity contribution in [1.29, 1.82) is 5.41 Å². The smallest absolute Gasteiger partial charge is 0.161 e. The molecule has 0 saturated carbocycles. The molecule has 0 heterocycles. The van der Waals surface area contributed by atoms with E-state index in [1.165, 1.54) is 0 Å². The zero-order chi connectivity index (χ0) is 20.5. The van der Waals surface area contributed by atoms with Gasteiger partial charge in [-0.1, -0.05) is 26.3 Å². The number of benzene rings is 2. The molecule has 5 heteroatoms. The van der Waals surface area contributed by atoms with Gasteiger partial charge in [-0.2, -0.15) is 0 Å². The predicted molar refractivity (Wildman–Crippen MR) is 113 cm³/mol. The average Bonchev–Trinajstić information content (AvgIpc) is 2.73. The summed E-state index contributed by atoms with van der Waals surface area (Å²) in [5, 5.41) is 8.62. The van der Waals surface area contributed by atoms with Crippen LogP contribution in [0.1, 0.15) is 37.8 Å². The Labute approximate surface area is 168 Å². The first kappa shape index (κ1) is 21.6. The number of hydrogen-bond acceptors (Lipinski definition) is 5. The van der Waals surface area contributed by atoms with Gasteiger partial charge in [-0.3, -0.25) is 0 Å². The van der Waals surface area contributed by atoms with Crippen molar-refractivity contribution in [3.8, 4) is 23.0 Å². The summed E-state index contributed by atoms with van der Waals surface area (Å²) in [7, 11) is 4.88. The summed E-state index contributed by atoms with van der Waals surface area (Å²) in [6.07, 6.45) is 2.82. The number of nitrogens with one attached hydrogen (secondary N) is 1. The van der Waals surface area contributed by atoms with Gasteiger partial charge in [0.15, 0.2) is 23.0 Å². The van der Waals surface area contributed by atoms with E-state index in [1.807, 2.05) is 36.4 Å². The van der Waals surface area contributed by atoms with Gasteiger partial charge in [-0.25, -0.2) is 0 Å². The zero-order valence-electron chi connectivity index (χ0n) is 17.5. The number of methoxy groups -OCH3 is 3. The Balaban J connectivity index is 2.12. The van der Waals surface area contributed by atoms with Gasteiger partial charge in [0.25, 0.3) is 0 Å². The van der Waals surface area contributed by atoms with Crippen LogP contribution in [0.5, 0.6) is 23.0 Å². The predicted octanol–water partition coefficient (Wildman–Crippen LogP) is 5.14. The molecule has 0 aliphatic rings. The standard InChI is InChI=1S/C23H31NO4/c1-6-7-12-28-20-11-9-18(15-22(20)27-5)23(24)16(2)13-17-8-10-19(25-3)21(14-17)26-4/h8-11,14-16,24H,6-7,12-13H2,1-5H3. The molecule has 0 aliphatic carbocycles. The number of rotatable bonds is 11. The van der Waals surface area contributed by atoms with E-state index >= 15 is 0 Å². The summed E-state index contributed by atoms with van der Waals surface area (Å²) in [6.45, 7) is 4.85. The maximum absolute atomic E-state index is 8.62. The van der Waals surface area contributed by atoms with Gasteiger partial charge in [0.2, 0.25) is 0 Å². The first-order chi connectivity index (χ1) is 13.5. The molecule has 0 aromatic heterocycles. The van der Waals surface area contributed by atoms with Crippen LogP contribution in [-0.2, 0) is 6.42 Å². The zero-order valence-corrected chi connectivity index (χ0v) is 17.5. The van der Waals surface area contributed by atoms with Gasteiger partial charge >= 0.3 is 0 Å². The summed E-state index contributed by atoms with van der Waals surface area (Å²) in [5.41, 5.74) is 2.50. The minimum atomic E-state index is 0.0367. The van der Waals surface area contributed by atoms with E-state index in [4.69, 9.17) is 24.4 Å². The van der Waals surface area contributed by atoms with Gasteiger partial charge in [0, 0.05) is 11.6 Å². The fourth-order valence-corrected chi connectivity index (χ4v) is 3.03. The van der Waals surface area contributed by atoms with Crippen LogP contribution < -0.4 is 18.9 Å². The number of unbranched alkanes of at least 4 members (excludes halogenated alkanes) is 1. The molecule has 0 bridgehead atoms. The lowest BCUT2D eigenvalue weighted by Gasteiger charge is -2.17. The molecule has 1 atom stereocenters. The molecule has 1 N–H and O–H groups in total. The highest BCUT2D eigenvalue weighted by Gasteiger charge is 2.16. The molecular formula is C23H31NO4. The lowest BCUT2D eigenvalue weighted by atomic mass is 9.92. The second kappa shape index (κ2) is 10.6. The van der Waals surface area contributed by atoms with Crippen LogP contribution >= 0.6 is 0 Å². The van der Waals surface area contributed by atoms with Crippen molar-refractivity contribution in [2.45, 2.75) is 33.1 Å². The first-order valence-electron chi connectivity index (χ1n) is 9.64. The van der Waals surface area contributed by atoms with E-state index in [-0.39, 0.29) is 5.92 Å². The van der Waals surface area contributed by atoms with Gasteiger partial charge in [-0.15, -0.1) is 0 Å². The molecule has 0 radical (unpaired) electrons. The monoisotopic (exact) mass is 385 g/mol. The van der Waals surface area contributed by atoms with Crippen molar-refractivity contribution < 1.29 is 18.9 Å². The molecule has 2 aromatic rings. The fourth-order valence-electron chi connectivity index (χ4n) is 3.03. The van der Waals surface area contributed by atoms with Crippen LogP contribution in [0.25, 0.3) is 0 Å².